The maximum atomic E-state index is 11.8. The second kappa shape index (κ2) is 8.65. The number of carbonyl (C=O) groups is 1. The molecule has 0 unspecified atom stereocenters. The third kappa shape index (κ3) is 5.66. The van der Waals surface area contributed by atoms with Gasteiger partial charge in [0.25, 0.3) is 0 Å². The molecular weight excluding hydrogens is 335 g/mol. The zero-order valence-corrected chi connectivity index (χ0v) is 14.2. The minimum atomic E-state index is -0.0853. The Hall–Kier alpha value is -1.91. The van der Waals surface area contributed by atoms with Crippen LogP contribution in [0.5, 0.6) is 5.75 Å². The Morgan fingerprint density at radius 1 is 1.17 bits per heavy atom. The number of hydrogen-bond donors (Lipinski definition) is 2. The molecule has 2 aromatic rings. The van der Waals surface area contributed by atoms with Crippen LogP contribution in [0, 0.1) is 0 Å². The predicted molar refractivity (Wildman–Crippen MR) is 94.7 cm³/mol. The van der Waals surface area contributed by atoms with Crippen molar-refractivity contribution in [1.29, 1.82) is 0 Å². The molecule has 0 aliphatic carbocycles. The summed E-state index contributed by atoms with van der Waals surface area (Å²) in [6, 6.07) is 12.8. The Morgan fingerprint density at radius 2 is 2.00 bits per heavy atom. The summed E-state index contributed by atoms with van der Waals surface area (Å²) in [4.78, 5) is 11.8. The maximum absolute atomic E-state index is 11.8. The van der Waals surface area contributed by atoms with Crippen molar-refractivity contribution in [3.05, 3.63) is 58.1 Å². The van der Waals surface area contributed by atoms with Gasteiger partial charge in [0.1, 0.15) is 5.75 Å². The first-order chi connectivity index (χ1) is 11.1. The van der Waals surface area contributed by atoms with E-state index in [1.54, 1.807) is 19.2 Å². The second-order valence-electron chi connectivity index (χ2n) is 4.92. The van der Waals surface area contributed by atoms with Crippen molar-refractivity contribution < 1.29 is 9.53 Å². The van der Waals surface area contributed by atoms with E-state index in [2.05, 4.69) is 10.6 Å². The number of rotatable bonds is 7. The summed E-state index contributed by atoms with van der Waals surface area (Å²) < 4.78 is 5.13. The lowest BCUT2D eigenvalue weighted by Crippen LogP contribution is -2.31. The monoisotopic (exact) mass is 352 g/mol. The van der Waals surface area contributed by atoms with Gasteiger partial charge in [-0.3, -0.25) is 4.79 Å². The van der Waals surface area contributed by atoms with Crippen molar-refractivity contribution in [3.8, 4) is 5.75 Å². The first-order valence-electron chi connectivity index (χ1n) is 7.17. The van der Waals surface area contributed by atoms with E-state index < -0.39 is 0 Å². The lowest BCUT2D eigenvalue weighted by Gasteiger charge is -2.09. The van der Waals surface area contributed by atoms with Gasteiger partial charge in [-0.15, -0.1) is 0 Å². The van der Waals surface area contributed by atoms with Crippen molar-refractivity contribution in [2.75, 3.05) is 25.5 Å². The minimum absolute atomic E-state index is 0.0853. The van der Waals surface area contributed by atoms with Crippen molar-refractivity contribution in [3.63, 3.8) is 0 Å². The Balaban J connectivity index is 1.74. The van der Waals surface area contributed by atoms with Gasteiger partial charge in [-0.2, -0.15) is 0 Å². The molecule has 0 fully saturated rings. The average Bonchev–Trinajstić information content (AvgIpc) is 2.55. The highest BCUT2D eigenvalue weighted by atomic mass is 35.5. The normalized spacial score (nSPS) is 10.2. The van der Waals surface area contributed by atoms with Crippen LogP contribution in [0.2, 0.25) is 10.0 Å². The lowest BCUT2D eigenvalue weighted by molar-refractivity contribution is -0.119. The molecule has 0 heterocycles. The Kier molecular flexibility index (Phi) is 6.56. The Labute approximate surface area is 145 Å². The zero-order valence-electron chi connectivity index (χ0n) is 12.7. The second-order valence-corrected chi connectivity index (χ2v) is 5.76. The van der Waals surface area contributed by atoms with Gasteiger partial charge in [0, 0.05) is 28.3 Å². The fraction of sp³-hybridized carbons (Fsp3) is 0.235. The SMILES string of the molecule is COc1cccc(NCC(=O)NCCc2ccc(Cl)cc2Cl)c1. The summed E-state index contributed by atoms with van der Waals surface area (Å²) >= 11 is 11.9. The van der Waals surface area contributed by atoms with Gasteiger partial charge < -0.3 is 15.4 Å². The van der Waals surface area contributed by atoms with Crippen molar-refractivity contribution in [2.24, 2.45) is 0 Å². The fourth-order valence-electron chi connectivity index (χ4n) is 2.04. The molecule has 0 saturated carbocycles. The molecule has 0 saturated heterocycles. The number of hydrogen-bond acceptors (Lipinski definition) is 3. The highest BCUT2D eigenvalue weighted by Crippen LogP contribution is 2.21. The molecule has 6 heteroatoms. The van der Waals surface area contributed by atoms with Crippen LogP contribution in [-0.2, 0) is 11.2 Å². The van der Waals surface area contributed by atoms with Crippen LogP contribution in [0.25, 0.3) is 0 Å². The molecule has 4 nitrogen and oxygen atoms in total. The van der Waals surface area contributed by atoms with E-state index in [0.29, 0.717) is 23.0 Å². The van der Waals surface area contributed by atoms with Crippen LogP contribution in [0.4, 0.5) is 5.69 Å². The number of benzene rings is 2. The van der Waals surface area contributed by atoms with Crippen molar-refractivity contribution >= 4 is 34.8 Å². The van der Waals surface area contributed by atoms with Gasteiger partial charge in [-0.05, 0) is 36.2 Å². The topological polar surface area (TPSA) is 50.4 Å². The molecule has 2 aromatic carbocycles. The molecule has 0 atom stereocenters. The van der Waals surface area contributed by atoms with Crippen LogP contribution in [0.1, 0.15) is 5.56 Å². The largest absolute Gasteiger partial charge is 0.497 e. The smallest absolute Gasteiger partial charge is 0.239 e. The summed E-state index contributed by atoms with van der Waals surface area (Å²) in [5, 5.41) is 7.11. The van der Waals surface area contributed by atoms with E-state index in [4.69, 9.17) is 27.9 Å². The van der Waals surface area contributed by atoms with Gasteiger partial charge >= 0.3 is 0 Å². The number of halogens is 2. The van der Waals surface area contributed by atoms with Gasteiger partial charge in [-0.25, -0.2) is 0 Å². The highest BCUT2D eigenvalue weighted by molar-refractivity contribution is 6.35. The Morgan fingerprint density at radius 3 is 2.74 bits per heavy atom. The lowest BCUT2D eigenvalue weighted by atomic mass is 10.1. The molecule has 0 aromatic heterocycles. The number of carbonyl (C=O) groups excluding carboxylic acids is 1. The molecule has 2 N–H and O–H groups in total. The van der Waals surface area contributed by atoms with Crippen molar-refractivity contribution in [2.45, 2.75) is 6.42 Å². The van der Waals surface area contributed by atoms with E-state index in [1.807, 2.05) is 30.3 Å². The number of anilines is 1. The average molecular weight is 353 g/mol. The van der Waals surface area contributed by atoms with Crippen LogP contribution < -0.4 is 15.4 Å². The van der Waals surface area contributed by atoms with Crippen LogP contribution in [0.3, 0.4) is 0 Å². The minimum Gasteiger partial charge on any atom is -0.497 e. The molecular formula is C17H18Cl2N2O2. The van der Waals surface area contributed by atoms with E-state index in [9.17, 15) is 4.79 Å². The van der Waals surface area contributed by atoms with E-state index >= 15 is 0 Å². The van der Waals surface area contributed by atoms with Gasteiger partial charge in [0.15, 0.2) is 0 Å². The number of methoxy groups -OCH3 is 1. The van der Waals surface area contributed by atoms with Crippen molar-refractivity contribution in [1.82, 2.24) is 5.32 Å². The first-order valence-corrected chi connectivity index (χ1v) is 7.92. The third-order valence-corrected chi connectivity index (χ3v) is 3.84. The Bertz CT molecular complexity index is 677. The van der Waals surface area contributed by atoms with Gasteiger partial charge in [-0.1, -0.05) is 35.3 Å². The van der Waals surface area contributed by atoms with E-state index in [1.165, 1.54) is 0 Å². The molecule has 23 heavy (non-hydrogen) atoms. The number of nitrogens with one attached hydrogen (secondary N) is 2. The quantitative estimate of drug-likeness (QED) is 0.797. The summed E-state index contributed by atoms with van der Waals surface area (Å²) in [5.74, 6) is 0.658. The molecule has 122 valence electrons. The van der Waals surface area contributed by atoms with Crippen LogP contribution >= 0.6 is 23.2 Å². The van der Waals surface area contributed by atoms with E-state index in [-0.39, 0.29) is 12.5 Å². The molecule has 1 amide bonds. The molecule has 0 spiro atoms. The van der Waals surface area contributed by atoms with Gasteiger partial charge in [0.2, 0.25) is 5.91 Å². The molecule has 0 aliphatic heterocycles. The standard InChI is InChI=1S/C17H18Cl2N2O2/c1-23-15-4-2-3-14(10-15)21-11-17(22)20-8-7-12-5-6-13(18)9-16(12)19/h2-6,9-10,21H,7-8,11H2,1H3,(H,20,22). The molecule has 0 bridgehead atoms. The maximum Gasteiger partial charge on any atom is 0.239 e. The molecule has 0 radical (unpaired) electrons. The summed E-state index contributed by atoms with van der Waals surface area (Å²) in [6.07, 6.45) is 0.654. The number of amides is 1. The third-order valence-electron chi connectivity index (χ3n) is 3.25. The molecule has 0 aliphatic rings. The summed E-state index contributed by atoms with van der Waals surface area (Å²) in [7, 11) is 1.60. The zero-order chi connectivity index (χ0) is 16.7. The van der Waals surface area contributed by atoms with Gasteiger partial charge in [0.05, 0.1) is 13.7 Å². The molecule has 2 rings (SSSR count). The number of ether oxygens (including phenoxy) is 1. The van der Waals surface area contributed by atoms with Crippen LogP contribution in [-0.4, -0.2) is 26.1 Å². The van der Waals surface area contributed by atoms with Crippen LogP contribution in [0.15, 0.2) is 42.5 Å². The first kappa shape index (κ1) is 17.4. The van der Waals surface area contributed by atoms with E-state index in [0.717, 1.165) is 17.0 Å². The predicted octanol–water partition coefficient (Wildman–Crippen LogP) is 3.77. The highest BCUT2D eigenvalue weighted by Gasteiger charge is 2.04. The summed E-state index contributed by atoms with van der Waals surface area (Å²) in [5.41, 5.74) is 1.79. The summed E-state index contributed by atoms with van der Waals surface area (Å²) in [6.45, 7) is 0.710. The fourth-order valence-corrected chi connectivity index (χ4v) is 2.54.